The zero-order chi connectivity index (χ0) is 29.1. The van der Waals surface area contributed by atoms with Crippen LogP contribution in [0.4, 0.5) is 5.69 Å². The van der Waals surface area contributed by atoms with E-state index in [0.29, 0.717) is 35.8 Å². The quantitative estimate of drug-likeness (QED) is 0.322. The molecular formula is C29H36N6O5. The summed E-state index contributed by atoms with van der Waals surface area (Å²) in [6.45, 7) is 7.09. The summed E-state index contributed by atoms with van der Waals surface area (Å²) in [7, 11) is 6.63. The molecule has 0 fully saturated rings. The molecule has 0 amide bonds. The van der Waals surface area contributed by atoms with E-state index in [2.05, 4.69) is 17.4 Å². The number of hydrogen-bond donors (Lipinski definition) is 1. The van der Waals surface area contributed by atoms with Crippen LogP contribution in [0.1, 0.15) is 22.3 Å². The monoisotopic (exact) mass is 548 g/mol. The molecule has 0 atom stereocenters. The highest BCUT2D eigenvalue weighted by molar-refractivity contribution is 5.70. The van der Waals surface area contributed by atoms with Gasteiger partial charge in [0, 0.05) is 45.4 Å². The number of hydrogen-bond acceptors (Lipinski definition) is 8. The molecule has 11 heteroatoms. The second kappa shape index (κ2) is 11.7. The lowest BCUT2D eigenvalue weighted by molar-refractivity contribution is -0.404. The van der Waals surface area contributed by atoms with Crippen LogP contribution in [0.5, 0.6) is 11.5 Å². The Morgan fingerprint density at radius 1 is 1.10 bits per heavy atom. The first-order valence-electron chi connectivity index (χ1n) is 13.0. The van der Waals surface area contributed by atoms with Gasteiger partial charge < -0.3 is 19.7 Å². The molecule has 1 aromatic heterocycles. The van der Waals surface area contributed by atoms with Crippen LogP contribution in [0, 0.1) is 30.9 Å². The van der Waals surface area contributed by atoms with Gasteiger partial charge in [-0.25, -0.2) is 9.79 Å². The van der Waals surface area contributed by atoms with E-state index in [1.165, 1.54) is 0 Å². The van der Waals surface area contributed by atoms with Crippen molar-refractivity contribution in [3.63, 3.8) is 0 Å². The van der Waals surface area contributed by atoms with Crippen molar-refractivity contribution in [3.8, 4) is 22.8 Å². The third-order valence-corrected chi connectivity index (χ3v) is 7.00. The van der Waals surface area contributed by atoms with Gasteiger partial charge in [0.05, 0.1) is 30.5 Å². The van der Waals surface area contributed by atoms with Crippen LogP contribution in [0.15, 0.2) is 52.1 Å². The van der Waals surface area contributed by atoms with Gasteiger partial charge in [-0.15, -0.1) is 0 Å². The maximum atomic E-state index is 14.0. The number of benzene rings is 2. The predicted molar refractivity (Wildman–Crippen MR) is 154 cm³/mol. The molecule has 0 radical (unpaired) electrons. The van der Waals surface area contributed by atoms with Crippen molar-refractivity contribution in [1.82, 2.24) is 19.4 Å². The lowest BCUT2D eigenvalue weighted by atomic mass is 9.97. The van der Waals surface area contributed by atoms with Crippen molar-refractivity contribution in [1.29, 1.82) is 0 Å². The zero-order valence-corrected chi connectivity index (χ0v) is 24.1. The Labute approximate surface area is 233 Å². The molecule has 1 aliphatic rings. The van der Waals surface area contributed by atoms with E-state index in [4.69, 9.17) is 14.5 Å². The maximum Gasteiger partial charge on any atom is 0.330 e. The first kappa shape index (κ1) is 28.5. The highest BCUT2D eigenvalue weighted by atomic mass is 16.6. The molecule has 0 aliphatic carbocycles. The summed E-state index contributed by atoms with van der Waals surface area (Å²) in [6, 6.07) is 9.94. The van der Waals surface area contributed by atoms with E-state index < -0.39 is 4.92 Å². The highest BCUT2D eigenvalue weighted by Gasteiger charge is 2.22. The van der Waals surface area contributed by atoms with Crippen LogP contribution in [0.3, 0.4) is 0 Å². The van der Waals surface area contributed by atoms with Gasteiger partial charge in [-0.1, -0.05) is 17.7 Å². The van der Waals surface area contributed by atoms with Crippen LogP contribution >= 0.6 is 0 Å². The zero-order valence-electron chi connectivity index (χ0n) is 24.1. The SMILES string of the molecule is COc1cc2c(cc1OC)-c1cc(=Nc3c(C)cc(C)cc3C)n(CCN/C(=C/[N+](=O)[O-])N(C)C)c(=O)n1CC2. The van der Waals surface area contributed by atoms with Crippen LogP contribution in [0.25, 0.3) is 11.3 Å². The number of nitrogens with one attached hydrogen (secondary N) is 1. The third-order valence-electron chi connectivity index (χ3n) is 7.00. The second-order valence-electron chi connectivity index (χ2n) is 10.1. The molecule has 212 valence electrons. The highest BCUT2D eigenvalue weighted by Crippen LogP contribution is 2.37. The minimum Gasteiger partial charge on any atom is -0.493 e. The molecule has 40 heavy (non-hydrogen) atoms. The van der Waals surface area contributed by atoms with Crippen molar-refractivity contribution in [2.24, 2.45) is 4.99 Å². The van der Waals surface area contributed by atoms with Crippen molar-refractivity contribution >= 4 is 5.69 Å². The fraction of sp³-hybridized carbons (Fsp3) is 0.379. The van der Waals surface area contributed by atoms with E-state index in [-0.39, 0.29) is 18.8 Å². The van der Waals surface area contributed by atoms with Crippen LogP contribution in [-0.4, -0.2) is 53.8 Å². The van der Waals surface area contributed by atoms with Crippen LogP contribution < -0.4 is 26.0 Å². The van der Waals surface area contributed by atoms with E-state index >= 15 is 0 Å². The fourth-order valence-electron chi connectivity index (χ4n) is 5.14. The summed E-state index contributed by atoms with van der Waals surface area (Å²) in [5, 5.41) is 14.1. The molecule has 11 nitrogen and oxygen atoms in total. The summed E-state index contributed by atoms with van der Waals surface area (Å²) < 4.78 is 14.4. The van der Waals surface area contributed by atoms with Gasteiger partial charge in [0.15, 0.2) is 17.3 Å². The van der Waals surface area contributed by atoms with E-state index in [1.807, 2.05) is 39.0 Å². The maximum absolute atomic E-state index is 14.0. The summed E-state index contributed by atoms with van der Waals surface area (Å²) in [5.41, 5.74) is 6.97. The minimum atomic E-state index is -0.506. The van der Waals surface area contributed by atoms with Gasteiger partial charge in [0.2, 0.25) is 0 Å². The summed E-state index contributed by atoms with van der Waals surface area (Å²) in [6.07, 6.45) is 1.57. The average Bonchev–Trinajstić information content (AvgIpc) is 2.90. The Morgan fingerprint density at radius 2 is 1.75 bits per heavy atom. The standard InChI is InChI=1S/C29H36N6O5/c1-18-12-19(2)28(20(3)13-18)31-26-16-23-22-15-25(40-7)24(39-6)14-21(22)8-10-33(23)29(36)34(26)11-9-30-27(32(4)5)17-35(37)38/h12-17,30H,8-11H2,1-7H3/b27-17-,31-26?. The number of nitro groups is 1. The molecule has 4 rings (SSSR count). The topological polar surface area (TPSA) is 116 Å². The molecule has 2 heterocycles. The van der Waals surface area contributed by atoms with Crippen molar-refractivity contribution in [2.45, 2.75) is 40.3 Å². The number of aryl methyl sites for hydroxylation is 4. The summed E-state index contributed by atoms with van der Waals surface area (Å²) in [5.74, 6) is 1.56. The second-order valence-corrected chi connectivity index (χ2v) is 10.1. The lowest BCUT2D eigenvalue weighted by Crippen LogP contribution is -2.44. The van der Waals surface area contributed by atoms with Crippen molar-refractivity contribution in [3.05, 3.63) is 90.7 Å². The minimum absolute atomic E-state index is 0.203. The summed E-state index contributed by atoms with van der Waals surface area (Å²) >= 11 is 0. The van der Waals surface area contributed by atoms with Crippen LogP contribution in [-0.2, 0) is 19.5 Å². The van der Waals surface area contributed by atoms with Gasteiger partial charge in [-0.05, 0) is 56.0 Å². The number of aromatic nitrogens is 2. The molecule has 0 saturated carbocycles. The van der Waals surface area contributed by atoms with Gasteiger partial charge in [-0.2, -0.15) is 0 Å². The van der Waals surface area contributed by atoms with Crippen molar-refractivity contribution < 1.29 is 14.4 Å². The first-order chi connectivity index (χ1) is 19.0. The van der Waals surface area contributed by atoms with Gasteiger partial charge in [-0.3, -0.25) is 19.2 Å². The third kappa shape index (κ3) is 5.73. The molecule has 1 N–H and O–H groups in total. The molecule has 0 saturated heterocycles. The van der Waals surface area contributed by atoms with Gasteiger partial charge >= 0.3 is 5.69 Å². The Balaban J connectivity index is 1.90. The Hall–Kier alpha value is -4.54. The molecule has 3 aromatic rings. The number of ether oxygens (including phenoxy) is 2. The normalized spacial score (nSPS) is 13.0. The molecule has 0 bridgehead atoms. The Kier molecular flexibility index (Phi) is 8.32. The lowest BCUT2D eigenvalue weighted by Gasteiger charge is -2.25. The molecule has 0 spiro atoms. The van der Waals surface area contributed by atoms with Crippen molar-refractivity contribution in [2.75, 3.05) is 34.9 Å². The molecular weight excluding hydrogens is 512 g/mol. The molecule has 1 aliphatic heterocycles. The number of methoxy groups -OCH3 is 2. The number of nitrogens with zero attached hydrogens (tertiary/aromatic N) is 5. The Morgan fingerprint density at radius 3 is 2.35 bits per heavy atom. The van der Waals surface area contributed by atoms with E-state index in [1.54, 1.807) is 42.3 Å². The largest absolute Gasteiger partial charge is 0.493 e. The molecule has 2 aromatic carbocycles. The van der Waals surface area contributed by atoms with E-state index in [0.717, 1.165) is 45.4 Å². The van der Waals surface area contributed by atoms with Crippen LogP contribution in [0.2, 0.25) is 0 Å². The van der Waals surface area contributed by atoms with Gasteiger partial charge in [0.1, 0.15) is 5.49 Å². The molecule has 0 unspecified atom stereocenters. The number of fused-ring (bicyclic) bond motifs is 3. The summed E-state index contributed by atoms with van der Waals surface area (Å²) in [4.78, 5) is 31.2. The van der Waals surface area contributed by atoms with E-state index in [9.17, 15) is 14.9 Å². The smallest absolute Gasteiger partial charge is 0.330 e. The fourth-order valence-corrected chi connectivity index (χ4v) is 5.14. The number of rotatable bonds is 9. The Bertz CT molecular complexity index is 1590. The first-order valence-corrected chi connectivity index (χ1v) is 13.0. The average molecular weight is 549 g/mol. The predicted octanol–water partition coefficient (Wildman–Crippen LogP) is 3.27. The van der Waals surface area contributed by atoms with Gasteiger partial charge in [0.25, 0.3) is 6.20 Å².